The van der Waals surface area contributed by atoms with Gasteiger partial charge in [0, 0.05) is 13.1 Å². The third-order valence-electron chi connectivity index (χ3n) is 3.50. The van der Waals surface area contributed by atoms with Gasteiger partial charge in [0.1, 0.15) is 0 Å². The third kappa shape index (κ3) is 1.11. The Morgan fingerprint density at radius 1 is 1.08 bits per heavy atom. The van der Waals surface area contributed by atoms with Crippen molar-refractivity contribution in [2.75, 3.05) is 13.1 Å². The van der Waals surface area contributed by atoms with Crippen molar-refractivity contribution in [2.45, 2.75) is 19.3 Å². The lowest BCUT2D eigenvalue weighted by Crippen LogP contribution is -2.22. The van der Waals surface area contributed by atoms with Crippen LogP contribution in [0.3, 0.4) is 0 Å². The number of hydrogen-bond donors (Lipinski definition) is 0. The Morgan fingerprint density at radius 3 is 2.31 bits per heavy atom. The van der Waals surface area contributed by atoms with Crippen LogP contribution in [0.15, 0.2) is 24.3 Å². The molecule has 67 valence electrons. The number of nitrogens with zero attached hydrogens (tertiary/aromatic N) is 1. The standard InChI is InChI=1S/C12H14N/c1-2-4-11-8-12(5-6-13-9-12)7-10(11)3-1/h1-4H,5-9H2. The van der Waals surface area contributed by atoms with Crippen molar-refractivity contribution in [1.82, 2.24) is 5.32 Å². The molecule has 0 N–H and O–H groups in total. The Labute approximate surface area is 79.2 Å². The highest BCUT2D eigenvalue weighted by molar-refractivity contribution is 5.34. The maximum atomic E-state index is 4.50. The molecule has 1 aromatic rings. The lowest BCUT2D eigenvalue weighted by molar-refractivity contribution is 0.345. The van der Waals surface area contributed by atoms with Crippen molar-refractivity contribution in [3.63, 3.8) is 0 Å². The van der Waals surface area contributed by atoms with Gasteiger partial charge in [0.05, 0.1) is 0 Å². The Morgan fingerprint density at radius 2 is 1.77 bits per heavy atom. The van der Waals surface area contributed by atoms with Gasteiger partial charge >= 0.3 is 0 Å². The summed E-state index contributed by atoms with van der Waals surface area (Å²) in [5, 5.41) is 4.50. The molecular weight excluding hydrogens is 158 g/mol. The zero-order chi connectivity index (χ0) is 8.73. The molecule has 0 aromatic heterocycles. The maximum Gasteiger partial charge on any atom is 0.0196 e. The van der Waals surface area contributed by atoms with Gasteiger partial charge in [-0.2, -0.15) is 0 Å². The van der Waals surface area contributed by atoms with Crippen LogP contribution in [0, 0.1) is 5.41 Å². The summed E-state index contributed by atoms with van der Waals surface area (Å²) in [6.45, 7) is 2.19. The Balaban J connectivity index is 1.96. The van der Waals surface area contributed by atoms with Gasteiger partial charge in [-0.3, -0.25) is 0 Å². The minimum atomic E-state index is 0.531. The normalized spacial score (nSPS) is 23.7. The maximum absolute atomic E-state index is 4.50. The topological polar surface area (TPSA) is 14.1 Å². The second-order valence-corrected chi connectivity index (χ2v) is 4.48. The zero-order valence-corrected chi connectivity index (χ0v) is 7.79. The molecule has 1 aromatic carbocycles. The lowest BCUT2D eigenvalue weighted by atomic mass is 9.84. The highest BCUT2D eigenvalue weighted by atomic mass is 14.9. The summed E-state index contributed by atoms with van der Waals surface area (Å²) in [7, 11) is 0. The van der Waals surface area contributed by atoms with E-state index in [2.05, 4.69) is 29.6 Å². The first kappa shape index (κ1) is 7.57. The van der Waals surface area contributed by atoms with Gasteiger partial charge in [-0.05, 0) is 35.8 Å². The van der Waals surface area contributed by atoms with Crippen molar-refractivity contribution in [3.05, 3.63) is 35.4 Å². The summed E-state index contributed by atoms with van der Waals surface area (Å²) in [5.74, 6) is 0. The van der Waals surface area contributed by atoms with Crippen molar-refractivity contribution >= 4 is 0 Å². The molecule has 13 heavy (non-hydrogen) atoms. The van der Waals surface area contributed by atoms with Crippen LogP contribution in [0.4, 0.5) is 0 Å². The fourth-order valence-corrected chi connectivity index (χ4v) is 2.77. The molecule has 0 bridgehead atoms. The SMILES string of the molecule is c1ccc2c(c1)CC1(CC[N]C1)C2. The predicted molar refractivity (Wildman–Crippen MR) is 52.8 cm³/mol. The first-order valence-electron chi connectivity index (χ1n) is 5.08. The highest BCUT2D eigenvalue weighted by Crippen LogP contribution is 2.41. The van der Waals surface area contributed by atoms with Crippen LogP contribution in [-0.4, -0.2) is 13.1 Å². The molecule has 3 rings (SSSR count). The summed E-state index contributed by atoms with van der Waals surface area (Å²) in [5.41, 5.74) is 3.67. The average Bonchev–Trinajstić information content (AvgIpc) is 2.72. The average molecular weight is 172 g/mol. The van der Waals surface area contributed by atoms with E-state index in [0.717, 1.165) is 13.1 Å². The predicted octanol–water partition coefficient (Wildman–Crippen LogP) is 1.78. The van der Waals surface area contributed by atoms with Gasteiger partial charge in [0.2, 0.25) is 0 Å². The Hall–Kier alpha value is -0.820. The van der Waals surface area contributed by atoms with E-state index in [4.69, 9.17) is 0 Å². The van der Waals surface area contributed by atoms with E-state index >= 15 is 0 Å². The second-order valence-electron chi connectivity index (χ2n) is 4.48. The van der Waals surface area contributed by atoms with Gasteiger partial charge < -0.3 is 0 Å². The lowest BCUT2D eigenvalue weighted by Gasteiger charge is -2.19. The molecule has 1 spiro atoms. The first-order valence-corrected chi connectivity index (χ1v) is 5.08. The minimum absolute atomic E-state index is 0.531. The molecule has 0 unspecified atom stereocenters. The van der Waals surface area contributed by atoms with Crippen molar-refractivity contribution in [3.8, 4) is 0 Å². The van der Waals surface area contributed by atoms with Gasteiger partial charge in [-0.1, -0.05) is 24.3 Å². The molecule has 1 nitrogen and oxygen atoms in total. The number of fused-ring (bicyclic) bond motifs is 1. The fraction of sp³-hybridized carbons (Fsp3) is 0.500. The van der Waals surface area contributed by atoms with Crippen LogP contribution >= 0.6 is 0 Å². The smallest absolute Gasteiger partial charge is 0.0196 e. The molecule has 1 saturated heterocycles. The number of benzene rings is 1. The Bertz CT molecular complexity index is 297. The van der Waals surface area contributed by atoms with E-state index < -0.39 is 0 Å². The van der Waals surface area contributed by atoms with Crippen molar-refractivity contribution in [2.24, 2.45) is 5.41 Å². The van der Waals surface area contributed by atoms with Crippen LogP contribution in [0.25, 0.3) is 0 Å². The number of hydrogen-bond acceptors (Lipinski definition) is 0. The molecule has 0 atom stereocenters. The largest absolute Gasteiger partial charge is 0.241 e. The first-order chi connectivity index (χ1) is 6.38. The molecule has 1 heteroatoms. The molecule has 1 heterocycles. The van der Waals surface area contributed by atoms with Gasteiger partial charge in [0.15, 0.2) is 0 Å². The third-order valence-corrected chi connectivity index (χ3v) is 3.50. The van der Waals surface area contributed by atoms with Crippen LogP contribution < -0.4 is 5.32 Å². The summed E-state index contributed by atoms with van der Waals surface area (Å²) >= 11 is 0. The summed E-state index contributed by atoms with van der Waals surface area (Å²) in [6.07, 6.45) is 3.85. The van der Waals surface area contributed by atoms with Crippen LogP contribution in [-0.2, 0) is 12.8 Å². The van der Waals surface area contributed by atoms with E-state index in [9.17, 15) is 0 Å². The molecule has 1 aliphatic heterocycles. The van der Waals surface area contributed by atoms with Crippen molar-refractivity contribution < 1.29 is 0 Å². The van der Waals surface area contributed by atoms with E-state index in [1.165, 1.54) is 19.3 Å². The molecule has 0 amide bonds. The second kappa shape index (κ2) is 2.58. The monoisotopic (exact) mass is 172 g/mol. The molecular formula is C12H14N. The van der Waals surface area contributed by atoms with Gasteiger partial charge in [-0.15, -0.1) is 0 Å². The van der Waals surface area contributed by atoms with Crippen LogP contribution in [0.1, 0.15) is 17.5 Å². The molecule has 0 saturated carbocycles. The molecule has 1 radical (unpaired) electrons. The zero-order valence-electron chi connectivity index (χ0n) is 7.79. The minimum Gasteiger partial charge on any atom is -0.241 e. The summed E-state index contributed by atoms with van der Waals surface area (Å²) < 4.78 is 0. The fourth-order valence-electron chi connectivity index (χ4n) is 2.77. The van der Waals surface area contributed by atoms with E-state index in [-0.39, 0.29) is 0 Å². The molecule has 1 aliphatic carbocycles. The van der Waals surface area contributed by atoms with E-state index in [0.29, 0.717) is 5.41 Å². The Kier molecular flexibility index (Phi) is 1.50. The number of rotatable bonds is 0. The quantitative estimate of drug-likeness (QED) is 0.566. The van der Waals surface area contributed by atoms with Crippen LogP contribution in [0.2, 0.25) is 0 Å². The van der Waals surface area contributed by atoms with Gasteiger partial charge in [-0.25, -0.2) is 5.32 Å². The molecule has 1 fully saturated rings. The summed E-state index contributed by atoms with van der Waals surface area (Å²) in [4.78, 5) is 0. The summed E-state index contributed by atoms with van der Waals surface area (Å²) in [6, 6.07) is 8.87. The van der Waals surface area contributed by atoms with Crippen molar-refractivity contribution in [1.29, 1.82) is 0 Å². The highest BCUT2D eigenvalue weighted by Gasteiger charge is 2.39. The van der Waals surface area contributed by atoms with E-state index in [1.807, 2.05) is 0 Å². The van der Waals surface area contributed by atoms with Gasteiger partial charge in [0.25, 0.3) is 0 Å². The van der Waals surface area contributed by atoms with Crippen LogP contribution in [0.5, 0.6) is 0 Å². The molecule has 2 aliphatic rings. The van der Waals surface area contributed by atoms with E-state index in [1.54, 1.807) is 11.1 Å².